The Hall–Kier alpha value is -3.03. The molecule has 0 radical (unpaired) electrons. The highest BCUT2D eigenvalue weighted by Gasteiger charge is 2.27. The molecule has 34 heavy (non-hydrogen) atoms. The summed E-state index contributed by atoms with van der Waals surface area (Å²) in [6.45, 7) is 3.36. The number of thiophene rings is 1. The number of rotatable bonds is 12. The van der Waals surface area contributed by atoms with Crippen molar-refractivity contribution in [3.8, 4) is 0 Å². The number of amides is 2. The molecule has 3 aromatic rings. The normalized spacial score (nSPS) is 11.7. The zero-order chi connectivity index (χ0) is 24.3. The third kappa shape index (κ3) is 7.23. The topological polar surface area (TPSA) is 49.9 Å². The third-order valence-electron chi connectivity index (χ3n) is 5.68. The van der Waals surface area contributed by atoms with Crippen LogP contribution < -0.4 is 0 Å². The number of benzene rings is 2. The number of hydrogen-bond donors (Lipinski definition) is 0. The molecule has 2 amide bonds. The molecule has 0 N–H and O–H groups in total. The van der Waals surface area contributed by atoms with E-state index in [1.165, 1.54) is 12.1 Å². The average molecular weight is 483 g/mol. The Morgan fingerprint density at radius 2 is 1.71 bits per heavy atom. The zero-order valence-corrected chi connectivity index (χ0v) is 20.5. The zero-order valence-electron chi connectivity index (χ0n) is 19.7. The number of carbonyl (C=O) groups is 2. The predicted octanol–water partition coefficient (Wildman–Crippen LogP) is 5.08. The Balaban J connectivity index is 1.80. The molecule has 0 spiro atoms. The van der Waals surface area contributed by atoms with Crippen molar-refractivity contribution in [3.05, 3.63) is 93.9 Å². The van der Waals surface area contributed by atoms with Gasteiger partial charge in [0.2, 0.25) is 11.8 Å². The monoisotopic (exact) mass is 482 g/mol. The molecule has 7 heteroatoms. The number of methoxy groups -OCH3 is 1. The van der Waals surface area contributed by atoms with Crippen molar-refractivity contribution in [2.45, 2.75) is 32.4 Å². The van der Waals surface area contributed by atoms with Crippen molar-refractivity contribution in [1.82, 2.24) is 9.80 Å². The summed E-state index contributed by atoms with van der Waals surface area (Å²) in [5.74, 6) is -0.890. The second kappa shape index (κ2) is 13.0. The Bertz CT molecular complexity index is 1030. The van der Waals surface area contributed by atoms with Crippen LogP contribution in [-0.4, -0.2) is 48.4 Å². The summed E-state index contributed by atoms with van der Waals surface area (Å²) in [6.07, 6.45) is 0.634. The van der Waals surface area contributed by atoms with Crippen LogP contribution in [0.5, 0.6) is 0 Å². The van der Waals surface area contributed by atoms with Gasteiger partial charge < -0.3 is 14.5 Å². The second-order valence-corrected chi connectivity index (χ2v) is 9.11. The van der Waals surface area contributed by atoms with Crippen molar-refractivity contribution in [2.24, 2.45) is 0 Å². The van der Waals surface area contributed by atoms with Crippen LogP contribution in [0.2, 0.25) is 0 Å². The number of hydrogen-bond acceptors (Lipinski definition) is 4. The second-order valence-electron chi connectivity index (χ2n) is 8.08. The van der Waals surface area contributed by atoms with Crippen molar-refractivity contribution in [3.63, 3.8) is 0 Å². The minimum absolute atomic E-state index is 0.0436. The van der Waals surface area contributed by atoms with Gasteiger partial charge in [0.1, 0.15) is 5.82 Å². The van der Waals surface area contributed by atoms with Crippen LogP contribution in [0, 0.1) is 5.82 Å². The average Bonchev–Trinajstić information content (AvgIpc) is 3.37. The van der Waals surface area contributed by atoms with Gasteiger partial charge in [0.05, 0.1) is 25.6 Å². The first-order valence-electron chi connectivity index (χ1n) is 11.4. The molecule has 1 atom stereocenters. The highest BCUT2D eigenvalue weighted by atomic mass is 32.1. The van der Waals surface area contributed by atoms with Crippen molar-refractivity contribution in [2.75, 3.05) is 26.8 Å². The van der Waals surface area contributed by atoms with Crippen LogP contribution >= 0.6 is 11.3 Å². The number of ether oxygens (including phenoxy) is 1. The van der Waals surface area contributed by atoms with E-state index in [1.807, 2.05) is 54.8 Å². The maximum atomic E-state index is 13.5. The van der Waals surface area contributed by atoms with Gasteiger partial charge in [-0.2, -0.15) is 0 Å². The quantitative estimate of drug-likeness (QED) is 0.362. The molecular formula is C27H31FN2O3S. The maximum Gasteiger partial charge on any atom is 0.242 e. The van der Waals surface area contributed by atoms with Crippen LogP contribution in [0.15, 0.2) is 72.1 Å². The lowest BCUT2D eigenvalue weighted by molar-refractivity contribution is -0.142. The smallest absolute Gasteiger partial charge is 0.242 e. The van der Waals surface area contributed by atoms with Gasteiger partial charge in [0, 0.05) is 25.1 Å². The van der Waals surface area contributed by atoms with E-state index in [1.54, 1.807) is 40.4 Å². The van der Waals surface area contributed by atoms with Gasteiger partial charge >= 0.3 is 0 Å². The van der Waals surface area contributed by atoms with Gasteiger partial charge in [-0.3, -0.25) is 9.59 Å². The largest absolute Gasteiger partial charge is 0.383 e. The summed E-state index contributed by atoms with van der Waals surface area (Å²) in [7, 11) is 1.58. The lowest BCUT2D eigenvalue weighted by atomic mass is 9.95. The molecule has 1 unspecified atom stereocenters. The number of halogens is 1. The fourth-order valence-electron chi connectivity index (χ4n) is 3.82. The van der Waals surface area contributed by atoms with E-state index >= 15 is 0 Å². The van der Waals surface area contributed by atoms with E-state index in [2.05, 4.69) is 0 Å². The van der Waals surface area contributed by atoms with Gasteiger partial charge in [0.15, 0.2) is 0 Å². The first kappa shape index (κ1) is 25.6. The van der Waals surface area contributed by atoms with Crippen molar-refractivity contribution in [1.29, 1.82) is 0 Å². The fourth-order valence-corrected chi connectivity index (χ4v) is 4.54. The highest BCUT2D eigenvalue weighted by Crippen LogP contribution is 2.23. The molecule has 1 aromatic heterocycles. The van der Waals surface area contributed by atoms with Gasteiger partial charge in [-0.25, -0.2) is 4.39 Å². The lowest BCUT2D eigenvalue weighted by Crippen LogP contribution is -2.45. The van der Waals surface area contributed by atoms with Crippen molar-refractivity contribution < 1.29 is 18.7 Å². The van der Waals surface area contributed by atoms with Crippen molar-refractivity contribution >= 4 is 23.2 Å². The summed E-state index contributed by atoms with van der Waals surface area (Å²) in [5, 5.41) is 1.97. The van der Waals surface area contributed by atoms with E-state index in [0.29, 0.717) is 32.7 Å². The SMILES string of the molecule is CCC(C(=O)N(CCOC)CC(=O)N(Cc1ccc(F)cc1)Cc1cccs1)c1ccccc1. The molecule has 5 nitrogen and oxygen atoms in total. The molecule has 0 aliphatic rings. The van der Waals surface area contributed by atoms with Gasteiger partial charge in [-0.15, -0.1) is 11.3 Å². The standard InChI is InChI=1S/C27H31FN2O3S/c1-3-25(22-8-5-4-6-9-22)27(32)29(15-16-33-2)20-26(31)30(19-24-10-7-17-34-24)18-21-11-13-23(28)14-12-21/h4-14,17,25H,3,15-16,18-20H2,1-2H3. The summed E-state index contributed by atoms with van der Waals surface area (Å²) < 4.78 is 18.6. The molecule has 0 aliphatic carbocycles. The first-order valence-corrected chi connectivity index (χ1v) is 12.3. The molecule has 180 valence electrons. The first-order chi connectivity index (χ1) is 16.5. The van der Waals surface area contributed by atoms with E-state index in [9.17, 15) is 14.0 Å². The molecular weight excluding hydrogens is 451 g/mol. The number of carbonyl (C=O) groups excluding carboxylic acids is 2. The Morgan fingerprint density at radius 1 is 0.971 bits per heavy atom. The fraction of sp³-hybridized carbons (Fsp3) is 0.333. The summed E-state index contributed by atoms with van der Waals surface area (Å²) >= 11 is 1.57. The molecule has 0 aliphatic heterocycles. The third-order valence-corrected chi connectivity index (χ3v) is 6.54. The predicted molar refractivity (Wildman–Crippen MR) is 133 cm³/mol. The molecule has 0 fully saturated rings. The summed E-state index contributed by atoms with van der Waals surface area (Å²) in [4.78, 5) is 31.4. The number of nitrogens with zero attached hydrogens (tertiary/aromatic N) is 2. The molecule has 0 saturated heterocycles. The minimum Gasteiger partial charge on any atom is -0.383 e. The van der Waals surface area contributed by atoms with E-state index < -0.39 is 0 Å². The summed E-state index contributed by atoms with van der Waals surface area (Å²) in [6, 6.07) is 19.7. The van der Waals surface area contributed by atoms with Crippen LogP contribution in [0.3, 0.4) is 0 Å². The molecule has 0 bridgehead atoms. The Labute approximate surface area is 204 Å². The van der Waals surface area contributed by atoms with Crippen LogP contribution in [0.1, 0.15) is 35.3 Å². The molecule has 1 heterocycles. The molecule has 0 saturated carbocycles. The maximum absolute atomic E-state index is 13.5. The highest BCUT2D eigenvalue weighted by molar-refractivity contribution is 7.09. The van der Waals surface area contributed by atoms with Gasteiger partial charge in [-0.1, -0.05) is 55.5 Å². The van der Waals surface area contributed by atoms with Crippen LogP contribution in [0.4, 0.5) is 4.39 Å². The Morgan fingerprint density at radius 3 is 2.32 bits per heavy atom. The van der Waals surface area contributed by atoms with Gasteiger partial charge in [-0.05, 0) is 41.1 Å². The van der Waals surface area contributed by atoms with Crippen LogP contribution in [0.25, 0.3) is 0 Å². The lowest BCUT2D eigenvalue weighted by Gasteiger charge is -2.30. The minimum atomic E-state index is -0.325. The Kier molecular flexibility index (Phi) is 9.79. The van der Waals surface area contributed by atoms with Crippen LogP contribution in [-0.2, 0) is 27.4 Å². The van der Waals surface area contributed by atoms with Gasteiger partial charge in [0.25, 0.3) is 0 Å². The summed E-state index contributed by atoms with van der Waals surface area (Å²) in [5.41, 5.74) is 1.77. The molecule has 3 rings (SSSR count). The van der Waals surface area contributed by atoms with E-state index in [-0.39, 0.29) is 30.1 Å². The molecule has 2 aromatic carbocycles. The van der Waals surface area contributed by atoms with E-state index in [0.717, 1.165) is 16.0 Å². The van der Waals surface area contributed by atoms with E-state index in [4.69, 9.17) is 4.74 Å².